The van der Waals surface area contributed by atoms with Gasteiger partial charge in [-0.2, -0.15) is 0 Å². The largest absolute Gasteiger partial charge is 0.393 e. The average Bonchev–Trinajstić information content (AvgIpc) is 2.29. The van der Waals surface area contributed by atoms with E-state index in [9.17, 15) is 5.11 Å². The summed E-state index contributed by atoms with van der Waals surface area (Å²) in [6, 6.07) is 0. The molecule has 3 aliphatic rings. The third kappa shape index (κ3) is 1.77. The predicted molar refractivity (Wildman–Crippen MR) is 75.3 cm³/mol. The zero-order chi connectivity index (χ0) is 13.0. The Hall–Kier alpha value is -0.0400. The Labute approximate surface area is 112 Å². The summed E-state index contributed by atoms with van der Waals surface area (Å²) >= 11 is 0. The molecule has 0 aromatic rings. The quantitative estimate of drug-likeness (QED) is 0.676. The molecule has 1 heteroatoms. The van der Waals surface area contributed by atoms with Gasteiger partial charge in [0.05, 0.1) is 6.10 Å². The summed E-state index contributed by atoms with van der Waals surface area (Å²) in [6.07, 6.45) is 10.6. The summed E-state index contributed by atoms with van der Waals surface area (Å²) in [5.41, 5.74) is 1.05. The summed E-state index contributed by atoms with van der Waals surface area (Å²) in [6.45, 7) is 7.55. The number of aliphatic hydroxyl groups is 1. The summed E-state index contributed by atoms with van der Waals surface area (Å²) in [5.74, 6) is 2.32. The lowest BCUT2D eigenvalue weighted by molar-refractivity contribution is -0.137. The minimum atomic E-state index is 0.00608. The number of rotatable bonds is 0. The monoisotopic (exact) mass is 250 g/mol. The fourth-order valence-corrected chi connectivity index (χ4v) is 6.14. The van der Waals surface area contributed by atoms with Crippen molar-refractivity contribution in [3.05, 3.63) is 0 Å². The van der Waals surface area contributed by atoms with Gasteiger partial charge in [-0.3, -0.25) is 0 Å². The molecule has 3 aliphatic carbocycles. The Kier molecular flexibility index (Phi) is 3.05. The van der Waals surface area contributed by atoms with Crippen LogP contribution in [-0.4, -0.2) is 11.2 Å². The standard InChI is InChI=1S/C17H30O/c1-16(2)10-5-11-17(3)13-6-4-7-14(18)12(13)8-9-15(16)17/h12-15,18H,4-11H2,1-3H3/t12-,13+,14?,15+,17-/m1/s1. The molecule has 0 aromatic carbocycles. The van der Waals surface area contributed by atoms with E-state index in [0.29, 0.717) is 16.7 Å². The van der Waals surface area contributed by atoms with Crippen LogP contribution in [0.1, 0.15) is 72.1 Å². The maximum absolute atomic E-state index is 10.3. The number of hydrogen-bond donors (Lipinski definition) is 1. The molecule has 0 aliphatic heterocycles. The van der Waals surface area contributed by atoms with Crippen LogP contribution in [-0.2, 0) is 0 Å². The third-order valence-electron chi connectivity index (χ3n) is 6.94. The number of fused-ring (bicyclic) bond motifs is 3. The molecule has 3 fully saturated rings. The maximum Gasteiger partial charge on any atom is 0.0571 e. The van der Waals surface area contributed by atoms with E-state index >= 15 is 0 Å². The van der Waals surface area contributed by atoms with Gasteiger partial charge < -0.3 is 5.11 Å². The van der Waals surface area contributed by atoms with Gasteiger partial charge in [-0.25, -0.2) is 0 Å². The van der Waals surface area contributed by atoms with Gasteiger partial charge in [-0.1, -0.05) is 33.6 Å². The second-order valence-electron chi connectivity index (χ2n) is 8.25. The molecule has 0 spiro atoms. The fourth-order valence-electron chi connectivity index (χ4n) is 6.14. The van der Waals surface area contributed by atoms with Crippen LogP contribution >= 0.6 is 0 Å². The van der Waals surface area contributed by atoms with Crippen LogP contribution in [0.15, 0.2) is 0 Å². The Morgan fingerprint density at radius 1 is 0.889 bits per heavy atom. The van der Waals surface area contributed by atoms with Gasteiger partial charge >= 0.3 is 0 Å². The molecule has 1 N–H and O–H groups in total. The van der Waals surface area contributed by atoms with Crippen molar-refractivity contribution in [2.75, 3.05) is 0 Å². The van der Waals surface area contributed by atoms with Crippen LogP contribution in [0.4, 0.5) is 0 Å². The Morgan fingerprint density at radius 2 is 1.67 bits per heavy atom. The molecular formula is C17H30O. The minimum Gasteiger partial charge on any atom is -0.393 e. The van der Waals surface area contributed by atoms with Crippen molar-refractivity contribution in [3.63, 3.8) is 0 Å². The lowest BCUT2D eigenvalue weighted by Crippen LogP contribution is -2.54. The highest BCUT2D eigenvalue weighted by Gasteiger charge is 2.55. The Morgan fingerprint density at radius 3 is 2.44 bits per heavy atom. The van der Waals surface area contributed by atoms with E-state index in [1.165, 1.54) is 44.9 Å². The molecule has 3 rings (SSSR count). The normalized spacial score (nSPS) is 51.3. The molecule has 5 atom stereocenters. The van der Waals surface area contributed by atoms with Crippen LogP contribution in [0, 0.1) is 28.6 Å². The van der Waals surface area contributed by atoms with E-state index in [2.05, 4.69) is 20.8 Å². The molecule has 0 saturated heterocycles. The first-order chi connectivity index (χ1) is 8.45. The highest BCUT2D eigenvalue weighted by atomic mass is 16.3. The molecule has 0 aromatic heterocycles. The molecule has 104 valence electrons. The van der Waals surface area contributed by atoms with Gasteiger partial charge in [0.15, 0.2) is 0 Å². The van der Waals surface area contributed by atoms with Crippen LogP contribution < -0.4 is 0 Å². The van der Waals surface area contributed by atoms with Crippen LogP contribution in [0.3, 0.4) is 0 Å². The van der Waals surface area contributed by atoms with Gasteiger partial charge in [0.25, 0.3) is 0 Å². The molecule has 0 amide bonds. The Balaban J connectivity index is 1.92. The average molecular weight is 250 g/mol. The number of hydrogen-bond acceptors (Lipinski definition) is 1. The van der Waals surface area contributed by atoms with Crippen LogP contribution in [0.2, 0.25) is 0 Å². The Bertz CT molecular complexity index is 322. The van der Waals surface area contributed by atoms with Gasteiger partial charge in [0.2, 0.25) is 0 Å². The van der Waals surface area contributed by atoms with E-state index < -0.39 is 0 Å². The molecule has 3 saturated carbocycles. The molecule has 0 radical (unpaired) electrons. The highest BCUT2D eigenvalue weighted by molar-refractivity contribution is 5.05. The van der Waals surface area contributed by atoms with Crippen molar-refractivity contribution in [2.45, 2.75) is 78.2 Å². The van der Waals surface area contributed by atoms with E-state index in [-0.39, 0.29) is 6.10 Å². The summed E-state index contributed by atoms with van der Waals surface area (Å²) in [4.78, 5) is 0. The lowest BCUT2D eigenvalue weighted by Gasteiger charge is -2.61. The summed E-state index contributed by atoms with van der Waals surface area (Å²) in [5, 5.41) is 10.3. The van der Waals surface area contributed by atoms with Gasteiger partial charge in [0.1, 0.15) is 0 Å². The van der Waals surface area contributed by atoms with E-state index in [1.54, 1.807) is 0 Å². The van der Waals surface area contributed by atoms with Gasteiger partial charge in [-0.05, 0) is 67.1 Å². The lowest BCUT2D eigenvalue weighted by atomic mass is 9.44. The zero-order valence-corrected chi connectivity index (χ0v) is 12.4. The van der Waals surface area contributed by atoms with Crippen molar-refractivity contribution in [1.29, 1.82) is 0 Å². The van der Waals surface area contributed by atoms with Crippen molar-refractivity contribution in [2.24, 2.45) is 28.6 Å². The fraction of sp³-hybridized carbons (Fsp3) is 1.00. The molecule has 1 unspecified atom stereocenters. The summed E-state index contributed by atoms with van der Waals surface area (Å²) < 4.78 is 0. The van der Waals surface area contributed by atoms with Gasteiger partial charge in [-0.15, -0.1) is 0 Å². The topological polar surface area (TPSA) is 20.2 Å². The van der Waals surface area contributed by atoms with Crippen molar-refractivity contribution >= 4 is 0 Å². The van der Waals surface area contributed by atoms with Crippen LogP contribution in [0.5, 0.6) is 0 Å². The number of aliphatic hydroxyl groups excluding tert-OH is 1. The first-order valence-corrected chi connectivity index (χ1v) is 8.13. The van der Waals surface area contributed by atoms with Crippen molar-refractivity contribution in [1.82, 2.24) is 0 Å². The molecular weight excluding hydrogens is 220 g/mol. The molecule has 1 nitrogen and oxygen atoms in total. The van der Waals surface area contributed by atoms with Crippen molar-refractivity contribution < 1.29 is 5.11 Å². The van der Waals surface area contributed by atoms with E-state index in [4.69, 9.17) is 0 Å². The second-order valence-corrected chi connectivity index (χ2v) is 8.25. The summed E-state index contributed by atoms with van der Waals surface area (Å²) in [7, 11) is 0. The smallest absolute Gasteiger partial charge is 0.0571 e. The van der Waals surface area contributed by atoms with Crippen molar-refractivity contribution in [3.8, 4) is 0 Å². The first-order valence-electron chi connectivity index (χ1n) is 8.13. The predicted octanol–water partition coefficient (Wildman–Crippen LogP) is 4.39. The maximum atomic E-state index is 10.3. The SMILES string of the molecule is CC1(C)CCC[C@]2(C)[C@H]3CCCC(O)[C@@H]3CC[C@@H]12. The molecule has 0 bridgehead atoms. The highest BCUT2D eigenvalue weighted by Crippen LogP contribution is 2.63. The van der Waals surface area contributed by atoms with E-state index in [0.717, 1.165) is 18.3 Å². The molecule has 18 heavy (non-hydrogen) atoms. The van der Waals surface area contributed by atoms with Gasteiger partial charge in [0, 0.05) is 0 Å². The van der Waals surface area contributed by atoms with Crippen LogP contribution in [0.25, 0.3) is 0 Å². The second kappa shape index (κ2) is 4.23. The molecule has 0 heterocycles. The zero-order valence-electron chi connectivity index (χ0n) is 12.4. The first kappa shape index (κ1) is 13.0. The third-order valence-corrected chi connectivity index (χ3v) is 6.94. The minimum absolute atomic E-state index is 0.00608. The van der Waals surface area contributed by atoms with E-state index in [1.807, 2.05) is 0 Å².